The molecular weight excluding hydrogens is 283 g/mol. The molecule has 3 rings (SSSR count). The van der Waals surface area contributed by atoms with E-state index in [-0.39, 0.29) is 11.7 Å². The highest BCUT2D eigenvalue weighted by molar-refractivity contribution is 6.05. The summed E-state index contributed by atoms with van der Waals surface area (Å²) in [5.41, 5.74) is 0.548. The van der Waals surface area contributed by atoms with E-state index in [4.69, 9.17) is 4.84 Å². The summed E-state index contributed by atoms with van der Waals surface area (Å²) >= 11 is 0. The number of amides is 1. The minimum absolute atomic E-state index is 0.0000818. The van der Waals surface area contributed by atoms with Gasteiger partial charge in [0.25, 0.3) is 5.91 Å². The number of carbonyl (C=O) groups is 1. The number of hydrogen-bond acceptors (Lipinski definition) is 3. The fourth-order valence-corrected chi connectivity index (χ4v) is 3.16. The molecule has 0 aromatic heterocycles. The summed E-state index contributed by atoms with van der Waals surface area (Å²) in [6.07, 6.45) is 2.62. The van der Waals surface area contributed by atoms with Gasteiger partial charge in [0.1, 0.15) is 5.82 Å². The Morgan fingerprint density at radius 3 is 2.82 bits per heavy atom. The number of benzene rings is 1. The fourth-order valence-electron chi connectivity index (χ4n) is 3.16. The molecule has 2 heterocycles. The fraction of sp³-hybridized carbons (Fsp3) is 0.529. The molecule has 0 spiro atoms. The first-order valence-corrected chi connectivity index (χ1v) is 7.78. The molecule has 0 unspecified atom stereocenters. The van der Waals surface area contributed by atoms with Gasteiger partial charge >= 0.3 is 0 Å². The number of hydrogen-bond donors (Lipinski definition) is 0. The van der Waals surface area contributed by atoms with Gasteiger partial charge in [-0.3, -0.25) is 4.79 Å². The molecular formula is C17H21FN2O2. The minimum Gasteiger partial charge on any atom is -0.379 e. The Morgan fingerprint density at radius 1 is 1.41 bits per heavy atom. The highest BCUT2D eigenvalue weighted by Crippen LogP contribution is 2.30. The molecule has 1 saturated heterocycles. The number of halogens is 1. The van der Waals surface area contributed by atoms with E-state index in [9.17, 15) is 9.18 Å². The lowest BCUT2D eigenvalue weighted by Gasteiger charge is -2.35. The zero-order valence-electron chi connectivity index (χ0n) is 13.0. The quantitative estimate of drug-likeness (QED) is 0.843. The van der Waals surface area contributed by atoms with E-state index in [1.54, 1.807) is 19.1 Å². The van der Waals surface area contributed by atoms with Crippen LogP contribution >= 0.6 is 0 Å². The van der Waals surface area contributed by atoms with Crippen LogP contribution in [0.3, 0.4) is 0 Å². The third kappa shape index (κ3) is 2.85. The Kier molecular flexibility index (Phi) is 3.89. The van der Waals surface area contributed by atoms with Gasteiger partial charge in [0.2, 0.25) is 5.60 Å². The van der Waals surface area contributed by atoms with Crippen molar-refractivity contribution in [2.24, 2.45) is 11.1 Å². The lowest BCUT2D eigenvalue weighted by Crippen LogP contribution is -2.50. The number of nitrogens with zero attached hydrogens (tertiary/aromatic N) is 2. The van der Waals surface area contributed by atoms with Gasteiger partial charge in [0, 0.05) is 19.5 Å². The van der Waals surface area contributed by atoms with E-state index in [1.165, 1.54) is 18.6 Å². The molecule has 1 fully saturated rings. The molecule has 2 aliphatic heterocycles. The summed E-state index contributed by atoms with van der Waals surface area (Å²) in [7, 11) is 0. The molecule has 4 nitrogen and oxygen atoms in total. The van der Waals surface area contributed by atoms with Gasteiger partial charge < -0.3 is 9.74 Å². The molecule has 1 amide bonds. The topological polar surface area (TPSA) is 41.9 Å². The molecule has 0 saturated carbocycles. The van der Waals surface area contributed by atoms with Crippen LogP contribution < -0.4 is 0 Å². The van der Waals surface area contributed by atoms with Crippen molar-refractivity contribution in [1.82, 2.24) is 4.90 Å². The molecule has 0 N–H and O–H groups in total. The summed E-state index contributed by atoms with van der Waals surface area (Å²) in [4.78, 5) is 20.1. The minimum atomic E-state index is -0.944. The lowest BCUT2D eigenvalue weighted by molar-refractivity contribution is -0.155. The highest BCUT2D eigenvalue weighted by Gasteiger charge is 2.45. The zero-order valence-corrected chi connectivity index (χ0v) is 13.0. The highest BCUT2D eigenvalue weighted by atomic mass is 19.1. The van der Waals surface area contributed by atoms with Gasteiger partial charge in [-0.05, 0) is 43.4 Å². The molecule has 22 heavy (non-hydrogen) atoms. The van der Waals surface area contributed by atoms with Crippen molar-refractivity contribution in [3.8, 4) is 0 Å². The van der Waals surface area contributed by atoms with E-state index in [0.717, 1.165) is 25.1 Å². The van der Waals surface area contributed by atoms with Crippen LogP contribution in [0.4, 0.5) is 4.39 Å². The Hall–Kier alpha value is -1.91. The second-order valence-electron chi connectivity index (χ2n) is 6.54. The molecule has 2 atom stereocenters. The third-order valence-electron chi connectivity index (χ3n) is 4.44. The largest absolute Gasteiger partial charge is 0.379 e. The third-order valence-corrected chi connectivity index (χ3v) is 4.44. The van der Waals surface area contributed by atoms with Gasteiger partial charge in [0.15, 0.2) is 0 Å². The number of piperidine rings is 1. The van der Waals surface area contributed by atoms with Crippen LogP contribution in [0.2, 0.25) is 0 Å². The maximum Gasteiger partial charge on any atom is 0.269 e. The number of carbonyl (C=O) groups excluding carboxylic acids is 1. The molecule has 0 bridgehead atoms. The van der Waals surface area contributed by atoms with E-state index >= 15 is 0 Å². The molecule has 1 aromatic carbocycles. The van der Waals surface area contributed by atoms with Crippen molar-refractivity contribution >= 4 is 11.6 Å². The molecule has 0 aliphatic carbocycles. The van der Waals surface area contributed by atoms with E-state index in [1.807, 2.05) is 4.90 Å². The van der Waals surface area contributed by atoms with Crippen LogP contribution in [0.25, 0.3) is 0 Å². The summed E-state index contributed by atoms with van der Waals surface area (Å²) in [5, 5.41) is 4.07. The summed E-state index contributed by atoms with van der Waals surface area (Å²) in [5.74, 6) is 0.240. The molecule has 0 radical (unpaired) electrons. The number of rotatable bonds is 2. The molecule has 1 aromatic rings. The first-order chi connectivity index (χ1) is 10.5. The van der Waals surface area contributed by atoms with Crippen LogP contribution in [0.1, 0.15) is 38.7 Å². The first-order valence-electron chi connectivity index (χ1n) is 7.78. The van der Waals surface area contributed by atoms with Crippen LogP contribution in [0, 0.1) is 11.7 Å². The molecule has 2 aliphatic rings. The van der Waals surface area contributed by atoms with Gasteiger partial charge in [0.05, 0.1) is 5.71 Å². The summed E-state index contributed by atoms with van der Waals surface area (Å²) < 4.78 is 13.0. The van der Waals surface area contributed by atoms with Crippen LogP contribution in [-0.2, 0) is 9.63 Å². The number of oxime groups is 1. The van der Waals surface area contributed by atoms with E-state index in [2.05, 4.69) is 12.1 Å². The lowest BCUT2D eigenvalue weighted by atomic mass is 9.92. The van der Waals surface area contributed by atoms with Crippen molar-refractivity contribution < 1.29 is 14.0 Å². The predicted octanol–water partition coefficient (Wildman–Crippen LogP) is 2.97. The predicted molar refractivity (Wildman–Crippen MR) is 82.0 cm³/mol. The Bertz CT molecular complexity index is 599. The van der Waals surface area contributed by atoms with Crippen LogP contribution in [-0.4, -0.2) is 35.2 Å². The van der Waals surface area contributed by atoms with Crippen molar-refractivity contribution in [2.75, 3.05) is 13.1 Å². The monoisotopic (exact) mass is 304 g/mol. The zero-order chi connectivity index (χ0) is 15.7. The maximum absolute atomic E-state index is 13.0. The second kappa shape index (κ2) is 5.71. The Labute approximate surface area is 129 Å². The SMILES string of the molecule is C[C@@H]1CCCN(C(=O)[C@]2(C)CC(c3ccc(F)cc3)=NO2)C1. The second-order valence-corrected chi connectivity index (χ2v) is 6.54. The van der Waals surface area contributed by atoms with Gasteiger partial charge in [-0.25, -0.2) is 4.39 Å². The number of likely N-dealkylation sites (tertiary alicyclic amines) is 1. The smallest absolute Gasteiger partial charge is 0.269 e. The van der Waals surface area contributed by atoms with Crippen molar-refractivity contribution in [1.29, 1.82) is 0 Å². The van der Waals surface area contributed by atoms with Crippen LogP contribution in [0.5, 0.6) is 0 Å². The normalized spacial score (nSPS) is 28.2. The average molecular weight is 304 g/mol. The van der Waals surface area contributed by atoms with E-state index < -0.39 is 5.60 Å². The van der Waals surface area contributed by atoms with Crippen molar-refractivity contribution in [3.63, 3.8) is 0 Å². The Balaban J connectivity index is 1.71. The van der Waals surface area contributed by atoms with Gasteiger partial charge in [-0.1, -0.05) is 24.2 Å². The van der Waals surface area contributed by atoms with Crippen LogP contribution in [0.15, 0.2) is 29.4 Å². The average Bonchev–Trinajstić information content (AvgIpc) is 2.91. The van der Waals surface area contributed by atoms with Gasteiger partial charge in [-0.2, -0.15) is 0 Å². The summed E-state index contributed by atoms with van der Waals surface area (Å²) in [6, 6.07) is 6.11. The van der Waals surface area contributed by atoms with Crippen molar-refractivity contribution in [2.45, 2.75) is 38.7 Å². The van der Waals surface area contributed by atoms with E-state index in [0.29, 0.717) is 18.1 Å². The maximum atomic E-state index is 13.0. The first kappa shape index (κ1) is 15.0. The Morgan fingerprint density at radius 2 is 2.14 bits per heavy atom. The summed E-state index contributed by atoms with van der Waals surface area (Å²) in [6.45, 7) is 5.52. The molecule has 5 heteroatoms. The molecule has 118 valence electrons. The van der Waals surface area contributed by atoms with Crippen molar-refractivity contribution in [3.05, 3.63) is 35.6 Å². The van der Waals surface area contributed by atoms with Gasteiger partial charge in [-0.15, -0.1) is 0 Å². The standard InChI is InChI=1S/C17H21FN2O2/c1-12-4-3-9-20(11-12)16(21)17(2)10-15(19-22-17)13-5-7-14(18)8-6-13/h5-8,12H,3-4,9-11H2,1-2H3/t12-,17+/m1/s1.